The Kier molecular flexibility index (Phi) is 6.62. The summed E-state index contributed by atoms with van der Waals surface area (Å²) in [4.78, 5) is 2.61. The standard InChI is InChI=1S/C53H41N/c1-34-32-36(35-16-5-4-6-17-35)28-31-49(34)54(37-29-30-41-38-18-7-11-22-43(38)52(2,3)48(41)33-37)50-27-15-26-47-51(50)42-21-10-14-25-46(42)53(47)44-23-12-8-19-39(44)40-20-9-13-24-45(40)53/h4-31,33-34H,32H2,1-3H3. The molecule has 0 saturated heterocycles. The van der Waals surface area contributed by atoms with Crippen LogP contribution in [-0.2, 0) is 10.8 Å². The second-order valence-corrected chi connectivity index (χ2v) is 16.1. The number of benzene rings is 7. The lowest BCUT2D eigenvalue weighted by Crippen LogP contribution is -2.27. The molecule has 4 aliphatic rings. The first kappa shape index (κ1) is 31.4. The number of anilines is 2. The highest BCUT2D eigenvalue weighted by molar-refractivity contribution is 6.00. The van der Waals surface area contributed by atoms with Crippen LogP contribution in [0.4, 0.5) is 11.4 Å². The molecule has 1 atom stereocenters. The van der Waals surface area contributed by atoms with Crippen LogP contribution < -0.4 is 4.90 Å². The maximum atomic E-state index is 2.61. The molecule has 0 aliphatic heterocycles. The lowest BCUT2D eigenvalue weighted by atomic mass is 9.70. The normalized spacial score (nSPS) is 17.4. The van der Waals surface area contributed by atoms with E-state index in [1.165, 1.54) is 95.0 Å². The minimum Gasteiger partial charge on any atom is -0.313 e. The SMILES string of the molecule is CC1CC(c2ccccc2)=CC=C1N(c1ccc2c(c1)C(C)(C)c1ccccc1-2)c1cccc2c1-c1ccccc1C21c2ccccc2-c2ccccc21. The summed E-state index contributed by atoms with van der Waals surface area (Å²) in [6.07, 6.45) is 5.75. The average Bonchev–Trinajstić information content (AvgIpc) is 3.78. The molecule has 258 valence electrons. The maximum absolute atomic E-state index is 2.61. The highest BCUT2D eigenvalue weighted by atomic mass is 15.2. The third-order valence-corrected chi connectivity index (χ3v) is 13.0. The Morgan fingerprint density at radius 1 is 0.481 bits per heavy atom. The predicted octanol–water partition coefficient (Wildman–Crippen LogP) is 13.5. The Morgan fingerprint density at radius 3 is 1.69 bits per heavy atom. The van der Waals surface area contributed by atoms with Crippen molar-refractivity contribution < 1.29 is 0 Å². The number of allylic oxidation sites excluding steroid dienone is 4. The molecular weight excluding hydrogens is 651 g/mol. The zero-order valence-electron chi connectivity index (χ0n) is 31.0. The van der Waals surface area contributed by atoms with Gasteiger partial charge in [0.2, 0.25) is 0 Å². The molecular formula is C53H41N. The van der Waals surface area contributed by atoms with Crippen LogP contribution in [0.2, 0.25) is 0 Å². The van der Waals surface area contributed by atoms with Crippen LogP contribution >= 0.6 is 0 Å². The minimum absolute atomic E-state index is 0.104. The minimum atomic E-state index is -0.394. The molecule has 0 aromatic heterocycles. The molecule has 1 unspecified atom stereocenters. The first-order valence-corrected chi connectivity index (χ1v) is 19.4. The van der Waals surface area contributed by atoms with E-state index in [0.29, 0.717) is 0 Å². The molecule has 0 radical (unpaired) electrons. The predicted molar refractivity (Wildman–Crippen MR) is 225 cm³/mol. The van der Waals surface area contributed by atoms with Crippen LogP contribution in [0.5, 0.6) is 0 Å². The Hall–Kier alpha value is -6.18. The van der Waals surface area contributed by atoms with Crippen molar-refractivity contribution >= 4 is 16.9 Å². The summed E-state index contributed by atoms with van der Waals surface area (Å²) in [7, 11) is 0. The van der Waals surface area contributed by atoms with Crippen molar-refractivity contribution in [3.63, 3.8) is 0 Å². The van der Waals surface area contributed by atoms with Gasteiger partial charge in [-0.2, -0.15) is 0 Å². The van der Waals surface area contributed by atoms with Crippen molar-refractivity contribution in [3.05, 3.63) is 221 Å². The molecule has 0 N–H and O–H groups in total. The van der Waals surface area contributed by atoms with E-state index in [4.69, 9.17) is 0 Å². The van der Waals surface area contributed by atoms with Crippen LogP contribution in [0.15, 0.2) is 182 Å². The molecule has 0 amide bonds. The first-order chi connectivity index (χ1) is 26.5. The zero-order valence-corrected chi connectivity index (χ0v) is 31.0. The largest absolute Gasteiger partial charge is 0.313 e. The monoisotopic (exact) mass is 691 g/mol. The fourth-order valence-electron chi connectivity index (χ4n) is 10.6. The Balaban J connectivity index is 1.19. The molecule has 4 aliphatic carbocycles. The van der Waals surface area contributed by atoms with Crippen LogP contribution in [0.3, 0.4) is 0 Å². The molecule has 0 bridgehead atoms. The van der Waals surface area contributed by atoms with Crippen LogP contribution in [0, 0.1) is 5.92 Å². The summed E-state index contributed by atoms with van der Waals surface area (Å²) in [5.74, 6) is 0.290. The van der Waals surface area contributed by atoms with E-state index in [1.807, 2.05) is 0 Å². The van der Waals surface area contributed by atoms with Gasteiger partial charge in [0.05, 0.1) is 11.1 Å². The number of fused-ring (bicyclic) bond motifs is 13. The molecule has 1 heteroatoms. The third kappa shape index (κ3) is 4.10. The topological polar surface area (TPSA) is 3.24 Å². The van der Waals surface area contributed by atoms with Crippen LogP contribution in [0.1, 0.15) is 66.1 Å². The van der Waals surface area contributed by atoms with Crippen molar-refractivity contribution in [1.82, 2.24) is 0 Å². The lowest BCUT2D eigenvalue weighted by Gasteiger charge is -2.36. The molecule has 1 spiro atoms. The van der Waals surface area contributed by atoms with Crippen molar-refractivity contribution in [3.8, 4) is 33.4 Å². The Bertz CT molecular complexity index is 2700. The summed E-state index contributed by atoms with van der Waals surface area (Å²) >= 11 is 0. The number of nitrogens with zero attached hydrogens (tertiary/aromatic N) is 1. The fraction of sp³-hybridized carbons (Fsp3) is 0.132. The van der Waals surface area contributed by atoms with Gasteiger partial charge in [0.15, 0.2) is 0 Å². The average molecular weight is 692 g/mol. The molecule has 11 rings (SSSR count). The van der Waals surface area contributed by atoms with Crippen molar-refractivity contribution in [2.75, 3.05) is 4.90 Å². The summed E-state index contributed by atoms with van der Waals surface area (Å²) in [6.45, 7) is 7.18. The maximum Gasteiger partial charge on any atom is 0.0726 e. The van der Waals surface area contributed by atoms with E-state index < -0.39 is 5.41 Å². The van der Waals surface area contributed by atoms with Crippen LogP contribution in [0.25, 0.3) is 39.0 Å². The molecule has 0 fully saturated rings. The van der Waals surface area contributed by atoms with Gasteiger partial charge in [-0.25, -0.2) is 0 Å². The highest BCUT2D eigenvalue weighted by Gasteiger charge is 2.52. The molecule has 1 nitrogen and oxygen atoms in total. The van der Waals surface area contributed by atoms with Gasteiger partial charge >= 0.3 is 0 Å². The fourth-order valence-corrected chi connectivity index (χ4v) is 10.6. The van der Waals surface area contributed by atoms with E-state index >= 15 is 0 Å². The van der Waals surface area contributed by atoms with Crippen LogP contribution in [-0.4, -0.2) is 0 Å². The molecule has 0 saturated carbocycles. The molecule has 7 aromatic carbocycles. The van der Waals surface area contributed by atoms with E-state index in [-0.39, 0.29) is 11.3 Å². The smallest absolute Gasteiger partial charge is 0.0726 e. The van der Waals surface area contributed by atoms with E-state index in [1.54, 1.807) is 0 Å². The van der Waals surface area contributed by atoms with Crippen molar-refractivity contribution in [1.29, 1.82) is 0 Å². The first-order valence-electron chi connectivity index (χ1n) is 19.4. The van der Waals surface area contributed by atoms with E-state index in [2.05, 4.69) is 202 Å². The zero-order chi connectivity index (χ0) is 36.2. The molecule has 7 aromatic rings. The molecule has 54 heavy (non-hydrogen) atoms. The number of hydrogen-bond donors (Lipinski definition) is 0. The van der Waals surface area contributed by atoms with Gasteiger partial charge in [0.1, 0.15) is 0 Å². The van der Waals surface area contributed by atoms with Gasteiger partial charge in [-0.05, 0) is 103 Å². The summed E-state index contributed by atoms with van der Waals surface area (Å²) in [5.41, 5.74) is 22.2. The van der Waals surface area contributed by atoms with Gasteiger partial charge in [0.25, 0.3) is 0 Å². The van der Waals surface area contributed by atoms with Gasteiger partial charge < -0.3 is 4.90 Å². The lowest BCUT2D eigenvalue weighted by molar-refractivity contribution is 0.658. The quantitative estimate of drug-likeness (QED) is 0.178. The number of rotatable bonds is 4. The van der Waals surface area contributed by atoms with E-state index in [9.17, 15) is 0 Å². The van der Waals surface area contributed by atoms with Crippen molar-refractivity contribution in [2.24, 2.45) is 5.92 Å². The van der Waals surface area contributed by atoms with E-state index in [0.717, 1.165) is 6.42 Å². The Morgan fingerprint density at radius 2 is 1.02 bits per heavy atom. The van der Waals surface area contributed by atoms with Gasteiger partial charge in [0, 0.05) is 28.3 Å². The van der Waals surface area contributed by atoms with Gasteiger partial charge in [-0.3, -0.25) is 0 Å². The van der Waals surface area contributed by atoms with Gasteiger partial charge in [-0.1, -0.05) is 172 Å². The third-order valence-electron chi connectivity index (χ3n) is 13.0. The highest BCUT2D eigenvalue weighted by Crippen LogP contribution is 2.64. The Labute approximate surface area is 318 Å². The summed E-state index contributed by atoms with van der Waals surface area (Å²) in [5, 5.41) is 0. The summed E-state index contributed by atoms with van der Waals surface area (Å²) in [6, 6.07) is 61.6. The number of hydrogen-bond acceptors (Lipinski definition) is 1. The molecule has 0 heterocycles. The van der Waals surface area contributed by atoms with Crippen molar-refractivity contribution in [2.45, 2.75) is 38.0 Å². The second kappa shape index (κ2) is 11.4. The van der Waals surface area contributed by atoms with Gasteiger partial charge in [-0.15, -0.1) is 0 Å². The second-order valence-electron chi connectivity index (χ2n) is 16.1. The summed E-state index contributed by atoms with van der Waals surface area (Å²) < 4.78 is 0.